The predicted molar refractivity (Wildman–Crippen MR) is 48.8 cm³/mol. The maximum atomic E-state index is 9.44. The van der Waals surface area contributed by atoms with Gasteiger partial charge in [0.2, 0.25) is 0 Å². The average Bonchev–Trinajstić information content (AvgIpc) is 2.15. The summed E-state index contributed by atoms with van der Waals surface area (Å²) in [5.74, 6) is 1.22. The molecule has 3 nitrogen and oxygen atoms in total. The molecular formula is C9H9ClO3. The van der Waals surface area contributed by atoms with Gasteiger partial charge in [0, 0.05) is 11.6 Å². The van der Waals surface area contributed by atoms with Crippen molar-refractivity contribution in [2.45, 2.75) is 6.92 Å². The molecule has 0 spiro atoms. The second-order valence-corrected chi connectivity index (χ2v) is 3.26. The highest BCUT2D eigenvalue weighted by atomic mass is 35.5. The molecule has 2 rings (SSSR count). The lowest BCUT2D eigenvalue weighted by molar-refractivity contribution is 0.170. The topological polar surface area (TPSA) is 38.7 Å². The molecule has 0 aliphatic carbocycles. The number of phenolic OH excluding ortho intramolecular Hbond substituents is 1. The van der Waals surface area contributed by atoms with Crippen LogP contribution < -0.4 is 9.47 Å². The molecule has 0 bridgehead atoms. The van der Waals surface area contributed by atoms with E-state index < -0.39 is 0 Å². The van der Waals surface area contributed by atoms with E-state index in [0.29, 0.717) is 35.3 Å². The van der Waals surface area contributed by atoms with Gasteiger partial charge in [-0.05, 0) is 6.92 Å². The van der Waals surface area contributed by atoms with E-state index in [1.165, 1.54) is 6.07 Å². The van der Waals surface area contributed by atoms with Crippen molar-refractivity contribution in [3.63, 3.8) is 0 Å². The van der Waals surface area contributed by atoms with Crippen LogP contribution in [0.2, 0.25) is 5.02 Å². The highest BCUT2D eigenvalue weighted by Crippen LogP contribution is 2.43. The van der Waals surface area contributed by atoms with Crippen LogP contribution in [0.15, 0.2) is 6.07 Å². The Bertz CT molecular complexity index is 349. The number of fused-ring (bicyclic) bond motifs is 1. The van der Waals surface area contributed by atoms with Crippen LogP contribution in [0.25, 0.3) is 0 Å². The molecule has 0 saturated heterocycles. The molecule has 1 aliphatic rings. The molecular weight excluding hydrogens is 192 g/mol. The Kier molecular flexibility index (Phi) is 1.96. The van der Waals surface area contributed by atoms with Gasteiger partial charge < -0.3 is 14.6 Å². The first kappa shape index (κ1) is 8.51. The molecule has 1 heterocycles. The van der Waals surface area contributed by atoms with Crippen molar-refractivity contribution in [2.24, 2.45) is 0 Å². The first-order valence-electron chi connectivity index (χ1n) is 3.98. The van der Waals surface area contributed by atoms with Crippen molar-refractivity contribution < 1.29 is 14.6 Å². The van der Waals surface area contributed by atoms with E-state index in [1.807, 2.05) is 0 Å². The molecule has 0 amide bonds. The van der Waals surface area contributed by atoms with E-state index in [2.05, 4.69) is 0 Å². The second-order valence-electron chi connectivity index (χ2n) is 2.86. The fraction of sp³-hybridized carbons (Fsp3) is 0.333. The van der Waals surface area contributed by atoms with E-state index in [1.54, 1.807) is 6.92 Å². The quantitative estimate of drug-likeness (QED) is 0.697. The van der Waals surface area contributed by atoms with Gasteiger partial charge in [0.25, 0.3) is 0 Å². The molecule has 1 aromatic carbocycles. The fourth-order valence-corrected chi connectivity index (χ4v) is 1.53. The summed E-state index contributed by atoms with van der Waals surface area (Å²) in [7, 11) is 0. The third-order valence-corrected chi connectivity index (χ3v) is 2.27. The van der Waals surface area contributed by atoms with Gasteiger partial charge in [-0.3, -0.25) is 0 Å². The van der Waals surface area contributed by atoms with E-state index in [-0.39, 0.29) is 5.75 Å². The summed E-state index contributed by atoms with van der Waals surface area (Å²) in [6.45, 7) is 2.75. The summed E-state index contributed by atoms with van der Waals surface area (Å²) in [5.41, 5.74) is 0.666. The van der Waals surface area contributed by atoms with E-state index in [9.17, 15) is 5.11 Å². The van der Waals surface area contributed by atoms with Crippen LogP contribution in [0.1, 0.15) is 5.56 Å². The number of rotatable bonds is 0. The molecule has 0 unspecified atom stereocenters. The summed E-state index contributed by atoms with van der Waals surface area (Å²) in [5, 5.41) is 9.82. The van der Waals surface area contributed by atoms with Crippen molar-refractivity contribution >= 4 is 11.6 Å². The Balaban J connectivity index is 2.63. The molecule has 70 valence electrons. The van der Waals surface area contributed by atoms with Crippen LogP contribution in [-0.2, 0) is 0 Å². The zero-order valence-electron chi connectivity index (χ0n) is 7.13. The number of ether oxygens (including phenoxy) is 2. The predicted octanol–water partition coefficient (Wildman–Crippen LogP) is 2.13. The highest BCUT2D eigenvalue weighted by Gasteiger charge is 2.20. The Labute approximate surface area is 80.8 Å². The SMILES string of the molecule is Cc1c(O)cc(Cl)c2c1OCCO2. The monoisotopic (exact) mass is 200 g/mol. The van der Waals surface area contributed by atoms with Gasteiger partial charge in [-0.2, -0.15) is 0 Å². The minimum Gasteiger partial charge on any atom is -0.507 e. The van der Waals surface area contributed by atoms with Crippen molar-refractivity contribution in [2.75, 3.05) is 13.2 Å². The molecule has 0 radical (unpaired) electrons. The fourth-order valence-electron chi connectivity index (χ4n) is 1.28. The van der Waals surface area contributed by atoms with Gasteiger partial charge in [-0.25, -0.2) is 0 Å². The summed E-state index contributed by atoms with van der Waals surface area (Å²) < 4.78 is 10.7. The molecule has 0 aromatic heterocycles. The van der Waals surface area contributed by atoms with Crippen molar-refractivity contribution in [3.8, 4) is 17.2 Å². The molecule has 0 fully saturated rings. The third-order valence-electron chi connectivity index (χ3n) is 1.99. The van der Waals surface area contributed by atoms with E-state index in [4.69, 9.17) is 21.1 Å². The maximum absolute atomic E-state index is 9.44. The number of halogens is 1. The van der Waals surface area contributed by atoms with Gasteiger partial charge in [0.15, 0.2) is 11.5 Å². The Hall–Kier alpha value is -1.09. The first-order valence-corrected chi connectivity index (χ1v) is 4.35. The van der Waals surface area contributed by atoms with Crippen LogP contribution >= 0.6 is 11.6 Å². The van der Waals surface area contributed by atoms with E-state index >= 15 is 0 Å². The van der Waals surface area contributed by atoms with Crippen molar-refractivity contribution in [3.05, 3.63) is 16.7 Å². The maximum Gasteiger partial charge on any atom is 0.180 e. The number of benzene rings is 1. The largest absolute Gasteiger partial charge is 0.507 e. The van der Waals surface area contributed by atoms with Gasteiger partial charge in [0.05, 0.1) is 5.02 Å². The van der Waals surface area contributed by atoms with Crippen LogP contribution in [0.5, 0.6) is 17.2 Å². The van der Waals surface area contributed by atoms with E-state index in [0.717, 1.165) is 0 Å². The first-order chi connectivity index (χ1) is 6.20. The Morgan fingerprint density at radius 3 is 2.62 bits per heavy atom. The molecule has 13 heavy (non-hydrogen) atoms. The van der Waals surface area contributed by atoms with Gasteiger partial charge in [-0.15, -0.1) is 0 Å². The molecule has 4 heteroatoms. The van der Waals surface area contributed by atoms with Crippen LogP contribution in [0.3, 0.4) is 0 Å². The summed E-state index contributed by atoms with van der Waals surface area (Å²) >= 11 is 5.85. The summed E-state index contributed by atoms with van der Waals surface area (Å²) in [6, 6.07) is 1.46. The smallest absolute Gasteiger partial charge is 0.180 e. The summed E-state index contributed by atoms with van der Waals surface area (Å²) in [6.07, 6.45) is 0. The molecule has 0 saturated carbocycles. The third kappa shape index (κ3) is 1.29. The van der Waals surface area contributed by atoms with Gasteiger partial charge >= 0.3 is 0 Å². The molecule has 0 atom stereocenters. The second kappa shape index (κ2) is 3.00. The zero-order valence-corrected chi connectivity index (χ0v) is 7.89. The van der Waals surface area contributed by atoms with Crippen molar-refractivity contribution in [1.82, 2.24) is 0 Å². The number of phenols is 1. The summed E-state index contributed by atoms with van der Waals surface area (Å²) in [4.78, 5) is 0. The van der Waals surface area contributed by atoms with Crippen LogP contribution in [-0.4, -0.2) is 18.3 Å². The van der Waals surface area contributed by atoms with Crippen LogP contribution in [0.4, 0.5) is 0 Å². The number of aromatic hydroxyl groups is 1. The Morgan fingerprint density at radius 2 is 1.92 bits per heavy atom. The lowest BCUT2D eigenvalue weighted by Crippen LogP contribution is -2.16. The molecule has 1 N–H and O–H groups in total. The van der Waals surface area contributed by atoms with Crippen molar-refractivity contribution in [1.29, 1.82) is 0 Å². The standard InChI is InChI=1S/C9H9ClO3/c1-5-7(11)4-6(10)9-8(5)12-2-3-13-9/h4,11H,2-3H2,1H3. The van der Waals surface area contributed by atoms with Gasteiger partial charge in [-0.1, -0.05) is 11.6 Å². The average molecular weight is 201 g/mol. The molecule has 1 aromatic rings. The minimum atomic E-state index is 0.134. The minimum absolute atomic E-state index is 0.134. The number of hydrogen-bond acceptors (Lipinski definition) is 3. The Morgan fingerprint density at radius 1 is 1.31 bits per heavy atom. The normalized spacial score (nSPS) is 14.3. The lowest BCUT2D eigenvalue weighted by Gasteiger charge is -2.21. The highest BCUT2D eigenvalue weighted by molar-refractivity contribution is 6.32. The van der Waals surface area contributed by atoms with Gasteiger partial charge in [0.1, 0.15) is 19.0 Å². The van der Waals surface area contributed by atoms with Crippen LogP contribution in [0, 0.1) is 6.92 Å². The zero-order chi connectivity index (χ0) is 9.42. The number of hydrogen-bond donors (Lipinski definition) is 1. The lowest BCUT2D eigenvalue weighted by atomic mass is 10.2. The molecule has 1 aliphatic heterocycles.